The third-order valence-corrected chi connectivity index (χ3v) is 4.99. The minimum absolute atomic E-state index is 0.160. The molecule has 5 nitrogen and oxygen atoms in total. The molecule has 3 rings (SSSR count). The first-order valence-electron chi connectivity index (χ1n) is 7.77. The van der Waals surface area contributed by atoms with E-state index in [1.807, 2.05) is 25.1 Å². The van der Waals surface area contributed by atoms with Crippen LogP contribution in [0, 0.1) is 0 Å². The topological polar surface area (TPSA) is 73.8 Å². The Hall–Kier alpha value is -1.08. The van der Waals surface area contributed by atoms with Crippen LogP contribution in [-0.4, -0.2) is 35.9 Å². The zero-order valence-corrected chi connectivity index (χ0v) is 12.4. The summed E-state index contributed by atoms with van der Waals surface area (Å²) in [7, 11) is -1.29. The van der Waals surface area contributed by atoms with E-state index in [-0.39, 0.29) is 17.3 Å². The van der Waals surface area contributed by atoms with Crippen molar-refractivity contribution in [2.45, 2.75) is 43.5 Å². The van der Waals surface area contributed by atoms with Crippen molar-refractivity contribution in [2.24, 2.45) is 0 Å². The van der Waals surface area contributed by atoms with Gasteiger partial charge in [0, 0.05) is 23.8 Å². The number of para-hydroxylation sites is 1. The molecule has 1 aliphatic carbocycles. The molecule has 1 spiro atoms. The second-order valence-corrected chi connectivity index (χ2v) is 5.96. The molecule has 0 aromatic heterocycles. The van der Waals surface area contributed by atoms with E-state index in [2.05, 4.69) is 16.9 Å². The number of hydrogen-bond acceptors (Lipinski definition) is 5. The summed E-state index contributed by atoms with van der Waals surface area (Å²) < 4.78 is 5.77. The van der Waals surface area contributed by atoms with E-state index in [4.69, 9.17) is 4.74 Å². The molecular weight excluding hydrogens is 267 g/mol. The Balaban J connectivity index is 1.98. The van der Waals surface area contributed by atoms with Gasteiger partial charge in [0.25, 0.3) is 0 Å². The zero-order chi connectivity index (χ0) is 14.9. The summed E-state index contributed by atoms with van der Waals surface area (Å²) in [5, 5.41) is 19.5. The average Bonchev–Trinajstić information content (AvgIpc) is 3.09. The maximum atomic E-state index is 9.77. The lowest BCUT2D eigenvalue weighted by Crippen LogP contribution is -2.52. The molecule has 1 saturated heterocycles. The van der Waals surface area contributed by atoms with Gasteiger partial charge in [0.05, 0.1) is 6.61 Å². The largest absolute Gasteiger partial charge is 0.494 e. The van der Waals surface area contributed by atoms with Crippen LogP contribution < -0.4 is 15.6 Å². The molecule has 1 aromatic carbocycles. The second-order valence-electron chi connectivity index (χ2n) is 5.96. The third-order valence-electron chi connectivity index (χ3n) is 4.99. The summed E-state index contributed by atoms with van der Waals surface area (Å²) in [5.74, 6) is 0.973. The molecule has 1 saturated carbocycles. The molecule has 1 aliphatic heterocycles. The highest BCUT2D eigenvalue weighted by Gasteiger charge is 2.56. The minimum Gasteiger partial charge on any atom is -0.494 e. The standard InChI is InChI=1S/C15H23BN2O3/c1-2-21-13-6-4-3-5-11(13)12-7-8-14(16(19)20)15(12)9-10-17-18-15/h3-6,12,14,17-20H,2,7-10H2,1H3. The zero-order valence-electron chi connectivity index (χ0n) is 12.4. The van der Waals surface area contributed by atoms with Crippen LogP contribution in [0.4, 0.5) is 0 Å². The number of nitrogens with one attached hydrogen (secondary N) is 2. The van der Waals surface area contributed by atoms with E-state index in [1.165, 1.54) is 5.56 Å². The predicted molar refractivity (Wildman–Crippen MR) is 82.0 cm³/mol. The predicted octanol–water partition coefficient (Wildman–Crippen LogP) is 1.04. The van der Waals surface area contributed by atoms with Crippen LogP contribution in [0.5, 0.6) is 5.75 Å². The highest BCUT2D eigenvalue weighted by atomic mass is 16.5. The van der Waals surface area contributed by atoms with Gasteiger partial charge in [-0.25, -0.2) is 0 Å². The van der Waals surface area contributed by atoms with Crippen molar-refractivity contribution in [3.63, 3.8) is 0 Å². The Bertz CT molecular complexity index is 492. The van der Waals surface area contributed by atoms with E-state index in [0.717, 1.165) is 31.6 Å². The number of hydrogen-bond donors (Lipinski definition) is 4. The van der Waals surface area contributed by atoms with Crippen LogP contribution in [0.15, 0.2) is 24.3 Å². The summed E-state index contributed by atoms with van der Waals surface area (Å²) in [4.78, 5) is 0. The Morgan fingerprint density at radius 2 is 2.14 bits per heavy atom. The van der Waals surface area contributed by atoms with Gasteiger partial charge in [0.15, 0.2) is 0 Å². The van der Waals surface area contributed by atoms with Crippen LogP contribution in [-0.2, 0) is 0 Å². The fraction of sp³-hybridized carbons (Fsp3) is 0.600. The summed E-state index contributed by atoms with van der Waals surface area (Å²) in [6.07, 6.45) is 2.62. The molecule has 4 N–H and O–H groups in total. The fourth-order valence-electron chi connectivity index (χ4n) is 4.12. The van der Waals surface area contributed by atoms with Crippen molar-refractivity contribution in [1.82, 2.24) is 10.9 Å². The molecule has 21 heavy (non-hydrogen) atoms. The van der Waals surface area contributed by atoms with Crippen molar-refractivity contribution < 1.29 is 14.8 Å². The van der Waals surface area contributed by atoms with E-state index in [1.54, 1.807) is 0 Å². The van der Waals surface area contributed by atoms with Crippen molar-refractivity contribution in [3.8, 4) is 5.75 Å². The highest BCUT2D eigenvalue weighted by Crippen LogP contribution is 2.54. The molecule has 6 heteroatoms. The van der Waals surface area contributed by atoms with Gasteiger partial charge in [-0.2, -0.15) is 0 Å². The van der Waals surface area contributed by atoms with Crippen molar-refractivity contribution in [2.75, 3.05) is 13.2 Å². The van der Waals surface area contributed by atoms with E-state index in [9.17, 15) is 10.0 Å². The van der Waals surface area contributed by atoms with E-state index >= 15 is 0 Å². The summed E-state index contributed by atoms with van der Waals surface area (Å²) in [6.45, 7) is 3.46. The van der Waals surface area contributed by atoms with Crippen molar-refractivity contribution in [1.29, 1.82) is 0 Å². The monoisotopic (exact) mass is 290 g/mol. The van der Waals surface area contributed by atoms with Gasteiger partial charge >= 0.3 is 7.12 Å². The average molecular weight is 290 g/mol. The lowest BCUT2D eigenvalue weighted by molar-refractivity contribution is 0.275. The molecule has 2 aliphatic rings. The van der Waals surface area contributed by atoms with Gasteiger partial charge in [-0.15, -0.1) is 0 Å². The maximum absolute atomic E-state index is 9.77. The Kier molecular flexibility index (Phi) is 4.22. The lowest BCUT2D eigenvalue weighted by Gasteiger charge is -2.37. The van der Waals surface area contributed by atoms with Crippen LogP contribution in [0.2, 0.25) is 5.82 Å². The van der Waals surface area contributed by atoms with E-state index < -0.39 is 7.12 Å². The van der Waals surface area contributed by atoms with Crippen LogP contribution in [0.3, 0.4) is 0 Å². The third kappa shape index (κ3) is 2.46. The van der Waals surface area contributed by atoms with E-state index in [0.29, 0.717) is 6.61 Å². The summed E-state index contributed by atoms with van der Waals surface area (Å²) >= 11 is 0. The molecule has 2 fully saturated rings. The van der Waals surface area contributed by atoms with Gasteiger partial charge in [-0.1, -0.05) is 18.2 Å². The van der Waals surface area contributed by atoms with Gasteiger partial charge in [0.1, 0.15) is 5.75 Å². The molecule has 0 radical (unpaired) electrons. The van der Waals surface area contributed by atoms with Gasteiger partial charge in [-0.3, -0.25) is 10.9 Å². The summed E-state index contributed by atoms with van der Waals surface area (Å²) in [5.41, 5.74) is 7.40. The number of rotatable bonds is 4. The van der Waals surface area contributed by atoms with Gasteiger partial charge < -0.3 is 14.8 Å². The minimum atomic E-state index is -1.29. The van der Waals surface area contributed by atoms with Crippen molar-refractivity contribution >= 4 is 7.12 Å². The number of hydrazine groups is 1. The normalized spacial score (nSPS) is 31.8. The van der Waals surface area contributed by atoms with Gasteiger partial charge in [0.2, 0.25) is 0 Å². The first kappa shape index (κ1) is 14.8. The number of ether oxygens (including phenoxy) is 1. The molecule has 3 atom stereocenters. The summed E-state index contributed by atoms with van der Waals surface area (Å²) in [6, 6.07) is 8.10. The van der Waals surface area contributed by atoms with Crippen molar-refractivity contribution in [3.05, 3.63) is 29.8 Å². The quantitative estimate of drug-likeness (QED) is 0.624. The molecule has 3 unspecified atom stereocenters. The highest BCUT2D eigenvalue weighted by molar-refractivity contribution is 6.43. The fourth-order valence-corrected chi connectivity index (χ4v) is 4.12. The molecule has 1 aromatic rings. The Morgan fingerprint density at radius 1 is 1.33 bits per heavy atom. The van der Waals surface area contributed by atoms with Crippen LogP contribution >= 0.6 is 0 Å². The smallest absolute Gasteiger partial charge is 0.456 e. The molecular formula is C15H23BN2O3. The maximum Gasteiger partial charge on any atom is 0.456 e. The van der Waals surface area contributed by atoms with Gasteiger partial charge in [-0.05, 0) is 37.8 Å². The second kappa shape index (κ2) is 5.97. The SMILES string of the molecule is CCOc1ccccc1C1CCC(B(O)O)C12CCNN2. The number of benzene rings is 1. The first-order chi connectivity index (χ1) is 10.2. The lowest BCUT2D eigenvalue weighted by atomic mass is 9.60. The molecule has 1 heterocycles. The van der Waals surface area contributed by atoms with Crippen LogP contribution in [0.1, 0.15) is 37.7 Å². The van der Waals surface area contributed by atoms with Crippen LogP contribution in [0.25, 0.3) is 0 Å². The Morgan fingerprint density at radius 3 is 2.81 bits per heavy atom. The Labute approximate surface area is 125 Å². The first-order valence-corrected chi connectivity index (χ1v) is 7.77. The molecule has 114 valence electrons. The molecule has 0 amide bonds. The molecule has 0 bridgehead atoms.